The molecule has 2 amide bonds. The van der Waals surface area contributed by atoms with Gasteiger partial charge in [-0.1, -0.05) is 238 Å². The van der Waals surface area contributed by atoms with Gasteiger partial charge in [0.1, 0.15) is 43.2 Å². The van der Waals surface area contributed by atoms with Crippen LogP contribution in [0.1, 0.15) is 277 Å². The highest BCUT2D eigenvalue weighted by Crippen LogP contribution is 2.28. The zero-order chi connectivity index (χ0) is 55.3. The Morgan fingerprint density at radius 1 is 0.579 bits per heavy atom. The number of ether oxygens (including phenoxy) is 3. The highest BCUT2D eigenvalue weighted by Gasteiger charge is 2.45. The van der Waals surface area contributed by atoms with Gasteiger partial charge in [0.25, 0.3) is 0 Å². The molecule has 17 heteroatoms. The predicted octanol–water partition coefficient (Wildman–Crippen LogP) is 12.1. The molecule has 1 fully saturated rings. The Morgan fingerprint density at radius 3 is 1.45 bits per heavy atom. The van der Waals surface area contributed by atoms with E-state index in [2.05, 4.69) is 41.7 Å². The summed E-state index contributed by atoms with van der Waals surface area (Å²) >= 11 is 1.29. The quantitative estimate of drug-likeness (QED) is 0.0263. The maximum atomic E-state index is 13.9. The average Bonchev–Trinajstić information content (AvgIpc) is 3.87. The maximum absolute atomic E-state index is 13.9. The smallest absolute Gasteiger partial charge is 0.306 e. The van der Waals surface area contributed by atoms with Crippen LogP contribution in [0.2, 0.25) is 0 Å². The second kappa shape index (κ2) is 47.0. The second-order valence-corrected chi connectivity index (χ2v) is 22.7. The predicted molar refractivity (Wildman–Crippen MR) is 305 cm³/mol. The highest BCUT2D eigenvalue weighted by molar-refractivity contribution is 7.99. The minimum atomic E-state index is -1.64. The number of unbranched alkanes of at least 4 members (excludes halogenated alkanes) is 33. The molecule has 76 heavy (non-hydrogen) atoms. The summed E-state index contributed by atoms with van der Waals surface area (Å²) in [5, 5.41) is 54.4. The third kappa shape index (κ3) is 34.2. The Kier molecular flexibility index (Phi) is 42.9. The van der Waals surface area contributed by atoms with Gasteiger partial charge in [-0.3, -0.25) is 19.2 Å². The molecule has 0 aromatic carbocycles. The molecule has 0 bridgehead atoms. The van der Waals surface area contributed by atoms with Crippen LogP contribution in [-0.4, -0.2) is 120 Å². The van der Waals surface area contributed by atoms with Crippen LogP contribution in [0.15, 0.2) is 6.20 Å². The first-order valence-electron chi connectivity index (χ1n) is 30.8. The number of anilines is 1. The van der Waals surface area contributed by atoms with Crippen molar-refractivity contribution in [3.8, 4) is 0 Å². The van der Waals surface area contributed by atoms with Gasteiger partial charge in [-0.05, 0) is 19.3 Å². The number of nitrogens with zero attached hydrogens (tertiary/aromatic N) is 3. The van der Waals surface area contributed by atoms with Crippen LogP contribution in [0, 0.1) is 0 Å². The molecule has 7 atom stereocenters. The molecule has 2 heterocycles. The molecule has 1 aliphatic rings. The van der Waals surface area contributed by atoms with E-state index in [-0.39, 0.29) is 54.6 Å². The lowest BCUT2D eigenvalue weighted by Gasteiger charge is -2.39. The standard InChI is InChI=1S/C59H109N5O11S/c1-4-7-10-13-16-19-22-25-28-31-34-37-40-52(66)60-49(58(72)61-51-43-64(63-62-51)59-57(71)56(70)55(69)50(44-65)75-59)47-76-46-48(74-54(68)42-39-36-33-30-27-24-21-18-15-12-9-6-3)45-73-53(67)41-38-35-32-29-26-23-20-17-14-11-8-5-2/h43,48-50,55-57,59,65,69-71H,4-42,44-47H2,1-3H3,(H,60,66)(H,61,72)/t48-,49-,50?,55?,56?,57?,59?/m1/s1. The van der Waals surface area contributed by atoms with Crippen molar-refractivity contribution in [3.05, 3.63) is 6.20 Å². The molecule has 1 aromatic heterocycles. The highest BCUT2D eigenvalue weighted by atomic mass is 32.2. The maximum Gasteiger partial charge on any atom is 0.306 e. The summed E-state index contributed by atoms with van der Waals surface area (Å²) < 4.78 is 18.3. The van der Waals surface area contributed by atoms with Crippen LogP contribution in [0.4, 0.5) is 5.82 Å². The topological polar surface area (TPSA) is 232 Å². The van der Waals surface area contributed by atoms with Gasteiger partial charge >= 0.3 is 11.9 Å². The molecule has 1 aromatic rings. The minimum Gasteiger partial charge on any atom is -0.462 e. The summed E-state index contributed by atoms with van der Waals surface area (Å²) in [7, 11) is 0. The lowest BCUT2D eigenvalue weighted by molar-refractivity contribution is -0.254. The van der Waals surface area contributed by atoms with Crippen molar-refractivity contribution >= 4 is 41.3 Å². The van der Waals surface area contributed by atoms with Gasteiger partial charge in [0.15, 0.2) is 12.0 Å². The van der Waals surface area contributed by atoms with Crippen molar-refractivity contribution in [2.24, 2.45) is 0 Å². The van der Waals surface area contributed by atoms with Gasteiger partial charge < -0.3 is 45.3 Å². The number of aromatic nitrogens is 3. The van der Waals surface area contributed by atoms with Crippen LogP contribution in [0.3, 0.4) is 0 Å². The van der Waals surface area contributed by atoms with Crippen molar-refractivity contribution in [2.45, 2.75) is 314 Å². The van der Waals surface area contributed by atoms with E-state index < -0.39 is 55.3 Å². The molecule has 0 spiro atoms. The lowest BCUT2D eigenvalue weighted by atomic mass is 9.98. The summed E-state index contributed by atoms with van der Waals surface area (Å²) in [4.78, 5) is 53.5. The summed E-state index contributed by atoms with van der Waals surface area (Å²) in [6.07, 6.45) is 36.4. The SMILES string of the molecule is CCCCCCCCCCCCCCC(=O)N[C@H](CSC[C@@H](COC(=O)CCCCCCCCCCCCCC)OC(=O)CCCCCCCCCCCCCC)C(=O)Nc1cn(C2OC(CO)C(O)C(O)C2O)nn1. The van der Waals surface area contributed by atoms with E-state index in [1.54, 1.807) is 0 Å². The second-order valence-electron chi connectivity index (χ2n) is 21.7. The van der Waals surface area contributed by atoms with Crippen molar-refractivity contribution in [2.75, 3.05) is 30.0 Å². The first-order chi connectivity index (χ1) is 37.0. The van der Waals surface area contributed by atoms with E-state index in [4.69, 9.17) is 14.2 Å². The molecule has 1 saturated heterocycles. The van der Waals surface area contributed by atoms with Crippen molar-refractivity contribution in [1.29, 1.82) is 0 Å². The van der Waals surface area contributed by atoms with Gasteiger partial charge in [-0.25, -0.2) is 4.68 Å². The first kappa shape index (κ1) is 69.3. The van der Waals surface area contributed by atoms with E-state index in [1.165, 1.54) is 178 Å². The molecule has 16 nitrogen and oxygen atoms in total. The van der Waals surface area contributed by atoms with E-state index in [0.717, 1.165) is 62.5 Å². The van der Waals surface area contributed by atoms with Crippen LogP contribution in [0.5, 0.6) is 0 Å². The molecule has 0 radical (unpaired) electrons. The van der Waals surface area contributed by atoms with E-state index in [1.807, 2.05) is 0 Å². The third-order valence-corrected chi connectivity index (χ3v) is 15.8. The van der Waals surface area contributed by atoms with E-state index in [9.17, 15) is 39.6 Å². The van der Waals surface area contributed by atoms with E-state index >= 15 is 0 Å². The number of aliphatic hydroxyl groups is 4. The molecule has 0 aliphatic carbocycles. The zero-order valence-corrected chi connectivity index (χ0v) is 48.7. The largest absolute Gasteiger partial charge is 0.462 e. The molecule has 6 N–H and O–H groups in total. The molecule has 442 valence electrons. The van der Waals surface area contributed by atoms with Gasteiger partial charge in [0.05, 0.1) is 12.8 Å². The van der Waals surface area contributed by atoms with Gasteiger partial charge in [-0.15, -0.1) is 5.10 Å². The Hall–Kier alpha value is -2.83. The van der Waals surface area contributed by atoms with E-state index in [0.29, 0.717) is 19.3 Å². The number of esters is 2. The molecular weight excluding hydrogens is 987 g/mol. The lowest BCUT2D eigenvalue weighted by Crippen LogP contribution is -2.56. The van der Waals surface area contributed by atoms with Crippen LogP contribution in [0.25, 0.3) is 0 Å². The number of hydrogen-bond acceptors (Lipinski definition) is 14. The summed E-state index contributed by atoms with van der Waals surface area (Å²) in [6, 6.07) is -1.04. The van der Waals surface area contributed by atoms with Crippen LogP contribution in [-0.2, 0) is 33.4 Å². The number of aliphatic hydroxyl groups excluding tert-OH is 4. The Morgan fingerprint density at radius 2 is 1.00 bits per heavy atom. The van der Waals surface area contributed by atoms with Crippen LogP contribution < -0.4 is 10.6 Å². The van der Waals surface area contributed by atoms with Crippen molar-refractivity contribution in [3.63, 3.8) is 0 Å². The van der Waals surface area contributed by atoms with Crippen molar-refractivity contribution in [1.82, 2.24) is 20.3 Å². The third-order valence-electron chi connectivity index (χ3n) is 14.6. The number of carbonyl (C=O) groups is 4. The summed E-state index contributed by atoms with van der Waals surface area (Å²) in [5.74, 6) is -1.30. The van der Waals surface area contributed by atoms with Crippen molar-refractivity contribution < 1.29 is 53.8 Å². The fraction of sp³-hybridized carbons (Fsp3) is 0.898. The number of rotatable bonds is 51. The first-order valence-corrected chi connectivity index (χ1v) is 31.9. The van der Waals surface area contributed by atoms with Gasteiger partial charge in [-0.2, -0.15) is 11.8 Å². The monoisotopic (exact) mass is 1100 g/mol. The molecule has 5 unspecified atom stereocenters. The Balaban J connectivity index is 2.02. The minimum absolute atomic E-state index is 0.0307. The number of amides is 2. The Bertz CT molecular complexity index is 1590. The zero-order valence-electron chi connectivity index (χ0n) is 47.9. The summed E-state index contributed by atoms with van der Waals surface area (Å²) in [6.45, 7) is 5.97. The summed E-state index contributed by atoms with van der Waals surface area (Å²) in [5.41, 5.74) is 0. The van der Waals surface area contributed by atoms with Crippen LogP contribution >= 0.6 is 11.8 Å². The fourth-order valence-corrected chi connectivity index (χ4v) is 10.7. The number of carbonyl (C=O) groups excluding carboxylic acids is 4. The fourth-order valence-electron chi connectivity index (χ4n) is 9.71. The number of hydrogen-bond donors (Lipinski definition) is 6. The molecule has 1 aliphatic heterocycles. The number of thioether (sulfide) groups is 1. The molecular formula is C59H109N5O11S. The normalized spacial score (nSPS) is 18.3. The molecule has 2 rings (SSSR count). The molecule has 0 saturated carbocycles. The Labute approximate surface area is 463 Å². The average molecular weight is 1100 g/mol. The number of nitrogens with one attached hydrogen (secondary N) is 2. The van der Waals surface area contributed by atoms with Gasteiger partial charge in [0.2, 0.25) is 11.8 Å². The van der Waals surface area contributed by atoms with Gasteiger partial charge in [0, 0.05) is 30.8 Å².